The van der Waals surface area contributed by atoms with Gasteiger partial charge in [-0.1, -0.05) is 6.07 Å². The van der Waals surface area contributed by atoms with Gasteiger partial charge in [0.2, 0.25) is 5.88 Å². The molecule has 1 amide bonds. The van der Waals surface area contributed by atoms with E-state index < -0.39 is 15.8 Å². The molecular formula is C19H23N5O3S. The first-order valence-electron chi connectivity index (χ1n) is 9.65. The molecule has 1 aliphatic heterocycles. The highest BCUT2D eigenvalue weighted by Gasteiger charge is 2.36. The van der Waals surface area contributed by atoms with Crippen molar-refractivity contribution >= 4 is 15.8 Å². The monoisotopic (exact) mass is 401 g/mol. The summed E-state index contributed by atoms with van der Waals surface area (Å²) in [4.78, 5) is 11.6. The van der Waals surface area contributed by atoms with Gasteiger partial charge in [-0.25, -0.2) is 18.8 Å². The summed E-state index contributed by atoms with van der Waals surface area (Å²) in [6.45, 7) is 0.494. The fraction of sp³-hybridized carbons (Fsp3) is 0.474. The van der Waals surface area contributed by atoms with Gasteiger partial charge in [-0.3, -0.25) is 4.79 Å². The van der Waals surface area contributed by atoms with Crippen molar-refractivity contribution in [3.63, 3.8) is 0 Å². The summed E-state index contributed by atoms with van der Waals surface area (Å²) in [6.07, 6.45) is 7.06. The predicted octanol–water partition coefficient (Wildman–Crippen LogP) is 1.76. The third kappa shape index (κ3) is 2.56. The number of primary amides is 1. The SMILES string of the molecule is N=S(N)(=O)c1c(C(N)=O)nn2c1OC(c1c3c(cc4c1CCC4)CCC3)CC2. The van der Waals surface area contributed by atoms with Crippen molar-refractivity contribution < 1.29 is 13.7 Å². The first kappa shape index (κ1) is 17.7. The summed E-state index contributed by atoms with van der Waals surface area (Å²) in [7, 11) is -3.71. The van der Waals surface area contributed by atoms with Crippen LogP contribution in [0.4, 0.5) is 0 Å². The molecule has 0 fully saturated rings. The third-order valence-corrected chi connectivity index (χ3v) is 7.07. The Hall–Kier alpha value is -2.39. The number of ether oxygens (including phenoxy) is 1. The van der Waals surface area contributed by atoms with Crippen LogP contribution in [0.1, 0.15) is 63.7 Å². The van der Waals surface area contributed by atoms with E-state index in [0.717, 1.165) is 38.5 Å². The number of carbonyl (C=O) groups excluding carboxylic acids is 1. The number of nitrogens with two attached hydrogens (primary N) is 2. The predicted molar refractivity (Wildman–Crippen MR) is 103 cm³/mol. The van der Waals surface area contributed by atoms with E-state index in [-0.39, 0.29) is 22.6 Å². The number of rotatable bonds is 3. The Balaban J connectivity index is 1.65. The van der Waals surface area contributed by atoms with Crippen LogP contribution in [0, 0.1) is 4.78 Å². The molecule has 1 aromatic carbocycles. The Morgan fingerprint density at radius 2 is 1.86 bits per heavy atom. The minimum atomic E-state index is -3.71. The summed E-state index contributed by atoms with van der Waals surface area (Å²) in [5, 5.41) is 9.71. The molecule has 28 heavy (non-hydrogen) atoms. The number of hydrogen-bond donors (Lipinski definition) is 3. The molecule has 5 N–H and O–H groups in total. The van der Waals surface area contributed by atoms with Gasteiger partial charge in [0.1, 0.15) is 16.0 Å². The van der Waals surface area contributed by atoms with E-state index in [2.05, 4.69) is 11.2 Å². The van der Waals surface area contributed by atoms with Crippen LogP contribution in [0.25, 0.3) is 0 Å². The lowest BCUT2D eigenvalue weighted by Crippen LogP contribution is -2.24. The zero-order valence-electron chi connectivity index (χ0n) is 15.5. The summed E-state index contributed by atoms with van der Waals surface area (Å²) in [6, 6.07) is 2.37. The van der Waals surface area contributed by atoms with Gasteiger partial charge in [-0.15, -0.1) is 0 Å². The molecule has 2 unspecified atom stereocenters. The van der Waals surface area contributed by atoms with Gasteiger partial charge in [0, 0.05) is 13.0 Å². The van der Waals surface area contributed by atoms with Crippen LogP contribution in [-0.4, -0.2) is 19.9 Å². The average molecular weight is 401 g/mol. The number of amides is 1. The lowest BCUT2D eigenvalue weighted by molar-refractivity contribution is 0.0992. The van der Waals surface area contributed by atoms with E-state index in [1.54, 1.807) is 0 Å². The van der Waals surface area contributed by atoms with Gasteiger partial charge in [0.25, 0.3) is 5.91 Å². The first-order valence-corrected chi connectivity index (χ1v) is 11.3. The van der Waals surface area contributed by atoms with E-state index >= 15 is 0 Å². The Morgan fingerprint density at radius 3 is 2.43 bits per heavy atom. The molecule has 2 aromatic rings. The molecule has 0 saturated heterocycles. The van der Waals surface area contributed by atoms with Gasteiger partial charge in [0.05, 0.1) is 0 Å². The lowest BCUT2D eigenvalue weighted by atomic mass is 9.89. The van der Waals surface area contributed by atoms with E-state index in [4.69, 9.17) is 20.4 Å². The van der Waals surface area contributed by atoms with E-state index in [9.17, 15) is 9.00 Å². The number of nitrogens with one attached hydrogen (secondary N) is 1. The van der Waals surface area contributed by atoms with Gasteiger partial charge in [0.15, 0.2) is 10.6 Å². The van der Waals surface area contributed by atoms with Crippen molar-refractivity contribution in [1.82, 2.24) is 9.78 Å². The van der Waals surface area contributed by atoms with Crippen molar-refractivity contribution in [2.24, 2.45) is 10.9 Å². The molecule has 2 atom stereocenters. The molecule has 2 aliphatic carbocycles. The van der Waals surface area contributed by atoms with Crippen LogP contribution >= 0.6 is 0 Å². The fourth-order valence-electron chi connectivity index (χ4n) is 5.02. The standard InChI is InChI=1S/C19H23N5O3S/c20-18(25)16-17(28(21,22)26)19-24(23-16)8-7-14(27-19)15-12-5-1-3-10(12)9-11-4-2-6-13(11)15/h9,14H,1-8H2,(H2,20,25)(H3,21,22,26). The minimum absolute atomic E-state index is 0.148. The molecule has 5 rings (SSSR count). The first-order chi connectivity index (χ1) is 13.3. The maximum absolute atomic E-state index is 12.4. The molecule has 0 saturated carbocycles. The largest absolute Gasteiger partial charge is 0.469 e. The highest BCUT2D eigenvalue weighted by molar-refractivity contribution is 7.90. The van der Waals surface area contributed by atoms with Crippen LogP contribution < -0.4 is 15.6 Å². The van der Waals surface area contributed by atoms with Crippen LogP contribution in [-0.2, 0) is 42.1 Å². The van der Waals surface area contributed by atoms with Gasteiger partial charge < -0.3 is 10.5 Å². The number of aromatic nitrogens is 2. The molecule has 1 aromatic heterocycles. The van der Waals surface area contributed by atoms with Crippen LogP contribution in [0.2, 0.25) is 0 Å². The molecule has 0 spiro atoms. The molecule has 0 radical (unpaired) electrons. The molecule has 8 nitrogen and oxygen atoms in total. The number of nitrogens with zero attached hydrogens (tertiary/aromatic N) is 2. The lowest BCUT2D eigenvalue weighted by Gasteiger charge is -2.29. The van der Waals surface area contributed by atoms with Gasteiger partial charge in [-0.2, -0.15) is 5.10 Å². The van der Waals surface area contributed by atoms with E-state index in [0.29, 0.717) is 13.0 Å². The van der Waals surface area contributed by atoms with E-state index in [1.165, 1.54) is 32.5 Å². The maximum Gasteiger partial charge on any atom is 0.270 e. The Kier molecular flexibility index (Phi) is 3.82. The Labute approximate surface area is 163 Å². The summed E-state index contributed by atoms with van der Waals surface area (Å²) in [5.41, 5.74) is 12.0. The topological polar surface area (TPSA) is 137 Å². The fourth-order valence-corrected chi connectivity index (χ4v) is 5.86. The molecule has 0 bridgehead atoms. The van der Waals surface area contributed by atoms with Gasteiger partial charge in [-0.05, 0) is 66.3 Å². The summed E-state index contributed by atoms with van der Waals surface area (Å²) in [5.74, 6) is -0.709. The zero-order valence-corrected chi connectivity index (χ0v) is 16.3. The Morgan fingerprint density at radius 1 is 1.21 bits per heavy atom. The second-order valence-corrected chi connectivity index (χ2v) is 9.45. The van der Waals surface area contributed by atoms with Gasteiger partial charge >= 0.3 is 0 Å². The van der Waals surface area contributed by atoms with Crippen LogP contribution in [0.15, 0.2) is 11.0 Å². The second kappa shape index (κ2) is 6.05. The maximum atomic E-state index is 12.4. The molecule has 2 heterocycles. The van der Waals surface area contributed by atoms with Crippen LogP contribution in [0.5, 0.6) is 5.88 Å². The number of carbonyl (C=O) groups is 1. The van der Waals surface area contributed by atoms with Crippen molar-refractivity contribution in [3.05, 3.63) is 39.6 Å². The quantitative estimate of drug-likeness (QED) is 0.721. The van der Waals surface area contributed by atoms with Crippen LogP contribution in [0.3, 0.4) is 0 Å². The van der Waals surface area contributed by atoms with Crippen molar-refractivity contribution in [3.8, 4) is 5.88 Å². The average Bonchev–Trinajstić information content (AvgIpc) is 3.35. The van der Waals surface area contributed by atoms with Crippen molar-refractivity contribution in [2.75, 3.05) is 0 Å². The minimum Gasteiger partial charge on any atom is -0.469 e. The highest BCUT2D eigenvalue weighted by atomic mass is 32.2. The molecule has 148 valence electrons. The number of hydrogen-bond acceptors (Lipinski definition) is 5. The second-order valence-electron chi connectivity index (χ2n) is 7.84. The van der Waals surface area contributed by atoms with Crippen molar-refractivity contribution in [1.29, 1.82) is 4.78 Å². The summed E-state index contributed by atoms with van der Waals surface area (Å²) >= 11 is 0. The van der Waals surface area contributed by atoms with E-state index in [1.807, 2.05) is 0 Å². The normalized spacial score (nSPS) is 22.1. The molecule has 3 aliphatic rings. The highest BCUT2D eigenvalue weighted by Crippen LogP contribution is 2.43. The molecular weight excluding hydrogens is 378 g/mol. The number of aryl methyl sites for hydroxylation is 3. The number of fused-ring (bicyclic) bond motifs is 3. The van der Waals surface area contributed by atoms with Crippen molar-refractivity contribution in [2.45, 2.75) is 62.5 Å². The third-order valence-electron chi connectivity index (χ3n) is 6.10. The smallest absolute Gasteiger partial charge is 0.270 e. The summed E-state index contributed by atoms with van der Waals surface area (Å²) < 4.78 is 28.0. The molecule has 9 heteroatoms. The number of benzene rings is 1. The Bertz CT molecular complexity index is 1090. The zero-order chi connectivity index (χ0) is 19.6.